The van der Waals surface area contributed by atoms with Crippen LogP contribution < -0.4 is 15.8 Å². The van der Waals surface area contributed by atoms with Crippen molar-refractivity contribution in [2.45, 2.75) is 114 Å². The quantitative estimate of drug-likeness (QED) is 0.202. The third-order valence-corrected chi connectivity index (χ3v) is 16.0. The van der Waals surface area contributed by atoms with E-state index < -0.39 is 29.4 Å². The van der Waals surface area contributed by atoms with Crippen molar-refractivity contribution in [2.24, 2.45) is 11.3 Å². The van der Waals surface area contributed by atoms with Crippen molar-refractivity contribution in [3.05, 3.63) is 97.5 Å². The van der Waals surface area contributed by atoms with E-state index in [0.29, 0.717) is 28.3 Å². The second-order valence-corrected chi connectivity index (χ2v) is 19.3. The van der Waals surface area contributed by atoms with E-state index in [-0.39, 0.29) is 29.4 Å². The van der Waals surface area contributed by atoms with Gasteiger partial charge in [0.15, 0.2) is 0 Å². The molecule has 1 aromatic heterocycles. The van der Waals surface area contributed by atoms with Gasteiger partial charge in [0.05, 0.1) is 27.9 Å². The predicted molar refractivity (Wildman–Crippen MR) is 225 cm³/mol. The summed E-state index contributed by atoms with van der Waals surface area (Å²) >= 11 is 3.65. The molecular weight excluding hydrogens is 800 g/mol. The number of nitrogens with one attached hydrogen (secondary N) is 1. The van der Waals surface area contributed by atoms with Crippen molar-refractivity contribution in [1.29, 1.82) is 0 Å². The molecule has 304 valence electrons. The van der Waals surface area contributed by atoms with Gasteiger partial charge in [-0.15, -0.1) is 0 Å². The van der Waals surface area contributed by atoms with E-state index >= 15 is 8.78 Å². The van der Waals surface area contributed by atoms with Crippen molar-refractivity contribution in [3.8, 4) is 5.69 Å². The minimum atomic E-state index is -0.979. The summed E-state index contributed by atoms with van der Waals surface area (Å²) in [4.78, 5) is 47.0. The number of piperidine rings is 3. The molecule has 0 radical (unpaired) electrons. The third kappa shape index (κ3) is 6.53. The normalized spacial score (nSPS) is 23.7. The summed E-state index contributed by atoms with van der Waals surface area (Å²) in [5.41, 5.74) is 5.19. The fourth-order valence-corrected chi connectivity index (χ4v) is 12.6. The van der Waals surface area contributed by atoms with Crippen LogP contribution in [0, 0.1) is 23.0 Å². The van der Waals surface area contributed by atoms with Crippen LogP contribution in [0.2, 0.25) is 0 Å². The van der Waals surface area contributed by atoms with Gasteiger partial charge in [-0.2, -0.15) is 4.98 Å². The van der Waals surface area contributed by atoms with E-state index in [1.165, 1.54) is 61.1 Å². The number of anilines is 1. The molecule has 11 heteroatoms. The van der Waals surface area contributed by atoms with Gasteiger partial charge in [0, 0.05) is 41.8 Å². The maximum absolute atomic E-state index is 15.3. The van der Waals surface area contributed by atoms with E-state index in [1.54, 1.807) is 0 Å². The van der Waals surface area contributed by atoms with E-state index in [2.05, 4.69) is 59.9 Å². The number of halogens is 3. The highest BCUT2D eigenvalue weighted by atomic mass is 79.9. The zero-order valence-corrected chi connectivity index (χ0v) is 34.7. The Bertz CT molecular complexity index is 2330. The van der Waals surface area contributed by atoms with Crippen molar-refractivity contribution < 1.29 is 18.4 Å². The molecule has 5 heterocycles. The summed E-state index contributed by atoms with van der Waals surface area (Å²) in [6, 6.07) is 16.0. The molecule has 3 saturated heterocycles. The highest BCUT2D eigenvalue weighted by molar-refractivity contribution is 9.10. The van der Waals surface area contributed by atoms with Crippen LogP contribution in [0.15, 0.2) is 57.8 Å². The number of rotatable bonds is 5. The zero-order valence-electron chi connectivity index (χ0n) is 33.1. The third-order valence-electron chi connectivity index (χ3n) is 15.4. The molecule has 2 amide bonds. The number of imide groups is 1. The van der Waals surface area contributed by atoms with E-state index in [1.807, 2.05) is 12.1 Å². The molecule has 1 atom stereocenters. The Hall–Kier alpha value is -3.96. The van der Waals surface area contributed by atoms with Crippen LogP contribution in [0.3, 0.4) is 0 Å². The molecule has 0 bridgehead atoms. The molecule has 8 nitrogen and oxygen atoms in total. The highest BCUT2D eigenvalue weighted by Gasteiger charge is 2.47. The lowest BCUT2D eigenvalue weighted by Gasteiger charge is -2.47. The Kier molecular flexibility index (Phi) is 9.86. The lowest BCUT2D eigenvalue weighted by Crippen LogP contribution is -2.44. The van der Waals surface area contributed by atoms with Crippen LogP contribution in [-0.4, -0.2) is 59.0 Å². The second kappa shape index (κ2) is 14.9. The van der Waals surface area contributed by atoms with Crippen LogP contribution in [0.5, 0.6) is 0 Å². The van der Waals surface area contributed by atoms with Crippen LogP contribution in [0.1, 0.15) is 131 Å². The molecule has 2 aliphatic carbocycles. The predicted octanol–water partition coefficient (Wildman–Crippen LogP) is 9.17. The molecule has 1 N–H and O–H groups in total. The monoisotopic (exact) mass is 851 g/mol. The Balaban J connectivity index is 0.757. The second-order valence-electron chi connectivity index (χ2n) is 18.5. The molecule has 1 unspecified atom stereocenters. The minimum Gasteiger partial charge on any atom is -0.371 e. The summed E-state index contributed by atoms with van der Waals surface area (Å²) in [7, 11) is 0. The molecule has 58 heavy (non-hydrogen) atoms. The summed E-state index contributed by atoms with van der Waals surface area (Å²) in [6.07, 6.45) is 15.1. The number of carbonyl (C=O) groups is 2. The molecular formula is C47H52BrF2N5O3. The molecule has 10 rings (SSSR count). The smallest absolute Gasteiger partial charge is 0.281 e. The zero-order chi connectivity index (χ0) is 39.8. The maximum atomic E-state index is 15.3. The molecule has 3 aromatic carbocycles. The minimum absolute atomic E-state index is 0.0817. The number of likely N-dealkylation sites (tertiary alicyclic amines) is 1. The number of fused-ring (bicyclic) bond motifs is 7. The van der Waals surface area contributed by atoms with Crippen molar-refractivity contribution in [3.63, 3.8) is 0 Å². The first-order valence-electron chi connectivity index (χ1n) is 21.8. The number of hydrogen-bond donors (Lipinski definition) is 1. The first kappa shape index (κ1) is 38.3. The van der Waals surface area contributed by atoms with Crippen molar-refractivity contribution in [2.75, 3.05) is 37.6 Å². The van der Waals surface area contributed by atoms with Gasteiger partial charge in [-0.3, -0.25) is 24.3 Å². The SMILES string of the molecule is O=C1CCC(c2c(F)cc(N3CCC4(CCC(CN5CCC(c6ccc7c(c6)-n6c(nc(=O)c8c(Br)cccc86)C76CCCCC6)CC5)CC4)CC3)cc2F)C(=O)N1. The number of carbonyl (C=O) groups excluding carboxylic acids is 2. The van der Waals surface area contributed by atoms with Gasteiger partial charge >= 0.3 is 0 Å². The molecule has 6 aliphatic rings. The summed E-state index contributed by atoms with van der Waals surface area (Å²) in [6.45, 7) is 4.92. The fraction of sp³-hybridized carbons (Fsp3) is 0.532. The topological polar surface area (TPSA) is 87.5 Å². The average Bonchev–Trinajstić information content (AvgIpc) is 3.47. The first-order chi connectivity index (χ1) is 28.1. The summed E-state index contributed by atoms with van der Waals surface area (Å²) < 4.78 is 33.7. The molecule has 4 aliphatic heterocycles. The fourth-order valence-electron chi connectivity index (χ4n) is 12.0. The van der Waals surface area contributed by atoms with E-state index in [4.69, 9.17) is 4.98 Å². The summed E-state index contributed by atoms with van der Waals surface area (Å²) in [5.74, 6) is -1.28. The lowest BCUT2D eigenvalue weighted by molar-refractivity contribution is -0.134. The first-order valence-corrected chi connectivity index (χ1v) is 22.6. The van der Waals surface area contributed by atoms with Gasteiger partial charge in [0.1, 0.15) is 17.5 Å². The summed E-state index contributed by atoms with van der Waals surface area (Å²) in [5, 5.41) is 2.88. The van der Waals surface area contributed by atoms with Gasteiger partial charge in [-0.05, 0) is 158 Å². The van der Waals surface area contributed by atoms with Crippen LogP contribution in [0.4, 0.5) is 14.5 Å². The van der Waals surface area contributed by atoms with Crippen molar-refractivity contribution >= 4 is 44.3 Å². The van der Waals surface area contributed by atoms with Gasteiger partial charge in [0.25, 0.3) is 5.56 Å². The van der Waals surface area contributed by atoms with E-state index in [0.717, 1.165) is 99.9 Å². The Morgan fingerprint density at radius 3 is 2.24 bits per heavy atom. The van der Waals surface area contributed by atoms with Crippen molar-refractivity contribution in [1.82, 2.24) is 19.8 Å². The Labute approximate surface area is 346 Å². The van der Waals surface area contributed by atoms with E-state index in [9.17, 15) is 14.4 Å². The van der Waals surface area contributed by atoms with Crippen LogP contribution in [-0.2, 0) is 15.0 Å². The Morgan fingerprint density at radius 1 is 0.810 bits per heavy atom. The number of aromatic nitrogens is 2. The number of nitrogens with zero attached hydrogens (tertiary/aromatic N) is 4. The highest BCUT2D eigenvalue weighted by Crippen LogP contribution is 2.53. The molecule has 4 aromatic rings. The number of benzene rings is 3. The Morgan fingerprint density at radius 2 is 1.53 bits per heavy atom. The van der Waals surface area contributed by atoms with Crippen LogP contribution in [0.25, 0.3) is 16.6 Å². The van der Waals surface area contributed by atoms with Gasteiger partial charge in [-0.1, -0.05) is 37.5 Å². The van der Waals surface area contributed by atoms with Crippen LogP contribution >= 0.6 is 15.9 Å². The van der Waals surface area contributed by atoms with Gasteiger partial charge in [-0.25, -0.2) is 8.78 Å². The number of amides is 2. The molecule has 2 saturated carbocycles. The molecule has 5 fully saturated rings. The van der Waals surface area contributed by atoms with Gasteiger partial charge < -0.3 is 9.80 Å². The lowest BCUT2D eigenvalue weighted by atomic mass is 9.65. The standard InChI is InChI=1S/C47H52BrF2N5O3/c48-35-5-4-6-38-42(35)44(58)52-45-47(15-2-1-3-16-47)34-9-7-31(25-39(34)55(38)45)30-13-21-53(22-14-30)28-29-11-17-46(18-12-29)19-23-54(24-20-46)32-26-36(49)41(37(50)27-32)33-8-10-40(56)51-43(33)57/h4-7,9,25-27,29-30,33H,1-3,8,10-24,28H2,(H,51,56,57). The van der Waals surface area contributed by atoms with Gasteiger partial charge in [0.2, 0.25) is 11.8 Å². The average molecular weight is 853 g/mol. The number of hydrogen-bond acceptors (Lipinski definition) is 6. The largest absolute Gasteiger partial charge is 0.371 e. The maximum Gasteiger partial charge on any atom is 0.281 e. The molecule has 2 spiro atoms.